The first-order chi connectivity index (χ1) is 9.41. The molecule has 2 rings (SSSR count). The molecule has 1 unspecified atom stereocenters. The first kappa shape index (κ1) is 15.2. The second-order valence-corrected chi connectivity index (χ2v) is 7.21. The van der Waals surface area contributed by atoms with Gasteiger partial charge in [0.1, 0.15) is 0 Å². The highest BCUT2D eigenvalue weighted by atomic mass is 32.1. The number of nitrogens with one attached hydrogen (secondary N) is 1. The van der Waals surface area contributed by atoms with Crippen molar-refractivity contribution in [1.29, 1.82) is 0 Å². The van der Waals surface area contributed by atoms with E-state index < -0.39 is 0 Å². The van der Waals surface area contributed by atoms with Gasteiger partial charge in [-0.2, -0.15) is 0 Å². The number of hydrogen-bond acceptors (Lipinski definition) is 3. The predicted molar refractivity (Wildman–Crippen MR) is 87.5 cm³/mol. The minimum atomic E-state index is 0.157. The summed E-state index contributed by atoms with van der Waals surface area (Å²) in [6.45, 7) is 8.86. The molecule has 1 atom stereocenters. The molecule has 2 nitrogen and oxygen atoms in total. The zero-order valence-corrected chi connectivity index (χ0v) is 13.8. The zero-order valence-electron chi connectivity index (χ0n) is 13.0. The fraction of sp³-hybridized carbons (Fsp3) is 0.471. The number of aryl methyl sites for hydroxylation is 1. The molecule has 0 spiro atoms. The number of benzene rings is 1. The van der Waals surface area contributed by atoms with Crippen LogP contribution in [0.1, 0.15) is 48.6 Å². The second-order valence-electron chi connectivity index (χ2n) is 6.27. The second kappa shape index (κ2) is 6.06. The number of thiazole rings is 1. The summed E-state index contributed by atoms with van der Waals surface area (Å²) in [7, 11) is 2.03. The van der Waals surface area contributed by atoms with E-state index in [1.165, 1.54) is 16.1 Å². The van der Waals surface area contributed by atoms with E-state index in [0.717, 1.165) is 12.1 Å². The number of rotatable bonds is 4. The monoisotopic (exact) mass is 288 g/mol. The van der Waals surface area contributed by atoms with Gasteiger partial charge >= 0.3 is 0 Å². The predicted octanol–water partition coefficient (Wildman–Crippen LogP) is 4.25. The SMILES string of the molecule is CNC(Cc1nc(C)cs1)c1ccccc1C(C)(C)C. The maximum atomic E-state index is 4.59. The van der Waals surface area contributed by atoms with Crippen LogP contribution in [0.2, 0.25) is 0 Å². The lowest BCUT2D eigenvalue weighted by molar-refractivity contribution is 0.538. The highest BCUT2D eigenvalue weighted by Gasteiger charge is 2.22. The first-order valence-corrected chi connectivity index (χ1v) is 7.97. The van der Waals surface area contributed by atoms with E-state index in [-0.39, 0.29) is 5.41 Å². The number of likely N-dealkylation sites (N-methyl/N-ethyl adjacent to an activating group) is 1. The Morgan fingerprint density at radius 2 is 1.95 bits per heavy atom. The normalized spacial score (nSPS) is 13.4. The summed E-state index contributed by atoms with van der Waals surface area (Å²) in [4.78, 5) is 4.59. The molecule has 0 saturated heterocycles. The first-order valence-electron chi connectivity index (χ1n) is 7.09. The largest absolute Gasteiger partial charge is 0.313 e. The molecule has 1 aromatic carbocycles. The highest BCUT2D eigenvalue weighted by molar-refractivity contribution is 7.09. The minimum Gasteiger partial charge on any atom is -0.313 e. The van der Waals surface area contributed by atoms with Crippen LogP contribution in [0.25, 0.3) is 0 Å². The van der Waals surface area contributed by atoms with Gasteiger partial charge in [-0.25, -0.2) is 4.98 Å². The fourth-order valence-electron chi connectivity index (χ4n) is 2.52. The lowest BCUT2D eigenvalue weighted by Crippen LogP contribution is -2.24. The summed E-state index contributed by atoms with van der Waals surface area (Å²) >= 11 is 1.75. The van der Waals surface area contributed by atoms with Crippen molar-refractivity contribution in [3.05, 3.63) is 51.5 Å². The molecule has 0 radical (unpaired) electrons. The molecule has 1 N–H and O–H groups in total. The molecule has 2 aromatic rings. The summed E-state index contributed by atoms with van der Waals surface area (Å²) < 4.78 is 0. The van der Waals surface area contributed by atoms with Crippen molar-refractivity contribution in [2.75, 3.05) is 7.05 Å². The molecule has 108 valence electrons. The Bertz CT molecular complexity index is 566. The molecular weight excluding hydrogens is 264 g/mol. The van der Waals surface area contributed by atoms with Crippen LogP contribution >= 0.6 is 11.3 Å². The number of hydrogen-bond donors (Lipinski definition) is 1. The maximum absolute atomic E-state index is 4.59. The molecular formula is C17H24N2S. The van der Waals surface area contributed by atoms with Crippen LogP contribution in [0.5, 0.6) is 0 Å². The van der Waals surface area contributed by atoms with Crippen LogP contribution in [-0.2, 0) is 11.8 Å². The summed E-state index contributed by atoms with van der Waals surface area (Å²) in [6.07, 6.45) is 0.947. The van der Waals surface area contributed by atoms with Gasteiger partial charge in [-0.05, 0) is 30.5 Å². The van der Waals surface area contributed by atoms with E-state index in [0.29, 0.717) is 6.04 Å². The van der Waals surface area contributed by atoms with Gasteiger partial charge in [0.25, 0.3) is 0 Å². The minimum absolute atomic E-state index is 0.157. The molecule has 1 heterocycles. The van der Waals surface area contributed by atoms with Crippen LogP contribution in [0.3, 0.4) is 0 Å². The topological polar surface area (TPSA) is 24.9 Å². The number of aromatic nitrogens is 1. The Kier molecular flexibility index (Phi) is 4.61. The van der Waals surface area contributed by atoms with E-state index >= 15 is 0 Å². The third kappa shape index (κ3) is 3.47. The van der Waals surface area contributed by atoms with E-state index in [4.69, 9.17) is 0 Å². The molecule has 0 aliphatic heterocycles. The van der Waals surface area contributed by atoms with Crippen LogP contribution in [0.4, 0.5) is 0 Å². The molecule has 3 heteroatoms. The third-order valence-corrected chi connectivity index (χ3v) is 4.53. The van der Waals surface area contributed by atoms with Gasteiger partial charge in [0.15, 0.2) is 0 Å². The Morgan fingerprint density at radius 1 is 1.25 bits per heavy atom. The van der Waals surface area contributed by atoms with Crippen LogP contribution in [-0.4, -0.2) is 12.0 Å². The van der Waals surface area contributed by atoms with Crippen LogP contribution in [0.15, 0.2) is 29.6 Å². The van der Waals surface area contributed by atoms with Gasteiger partial charge in [-0.1, -0.05) is 45.0 Å². The van der Waals surface area contributed by atoms with Gasteiger partial charge < -0.3 is 5.32 Å². The highest BCUT2D eigenvalue weighted by Crippen LogP contribution is 2.31. The molecule has 0 aliphatic carbocycles. The summed E-state index contributed by atoms with van der Waals surface area (Å²) in [5.74, 6) is 0. The van der Waals surface area contributed by atoms with E-state index in [1.807, 2.05) is 7.05 Å². The van der Waals surface area contributed by atoms with Crippen molar-refractivity contribution in [3.63, 3.8) is 0 Å². The maximum Gasteiger partial charge on any atom is 0.0947 e. The molecule has 0 bridgehead atoms. The molecule has 0 saturated carbocycles. The van der Waals surface area contributed by atoms with Crippen LogP contribution < -0.4 is 5.32 Å². The Labute approximate surface area is 126 Å². The average molecular weight is 288 g/mol. The lowest BCUT2D eigenvalue weighted by atomic mass is 9.81. The third-order valence-electron chi connectivity index (χ3n) is 3.54. The summed E-state index contributed by atoms with van der Waals surface area (Å²) in [5, 5.41) is 6.78. The van der Waals surface area contributed by atoms with Crippen molar-refractivity contribution in [3.8, 4) is 0 Å². The Balaban J connectivity index is 2.32. The number of nitrogens with zero attached hydrogens (tertiary/aromatic N) is 1. The molecule has 0 aliphatic rings. The Hall–Kier alpha value is -1.19. The van der Waals surface area contributed by atoms with Crippen molar-refractivity contribution in [1.82, 2.24) is 10.3 Å². The fourth-order valence-corrected chi connectivity index (χ4v) is 3.34. The van der Waals surface area contributed by atoms with Crippen molar-refractivity contribution in [2.24, 2.45) is 0 Å². The van der Waals surface area contributed by atoms with E-state index in [9.17, 15) is 0 Å². The van der Waals surface area contributed by atoms with Gasteiger partial charge in [0.2, 0.25) is 0 Å². The van der Waals surface area contributed by atoms with Gasteiger partial charge in [0.05, 0.1) is 5.01 Å². The quantitative estimate of drug-likeness (QED) is 0.909. The smallest absolute Gasteiger partial charge is 0.0947 e. The lowest BCUT2D eigenvalue weighted by Gasteiger charge is -2.27. The van der Waals surface area contributed by atoms with Crippen LogP contribution in [0, 0.1) is 6.92 Å². The molecule has 1 aromatic heterocycles. The van der Waals surface area contributed by atoms with Gasteiger partial charge in [0, 0.05) is 23.5 Å². The van der Waals surface area contributed by atoms with E-state index in [1.54, 1.807) is 11.3 Å². The van der Waals surface area contributed by atoms with Crippen molar-refractivity contribution < 1.29 is 0 Å². The van der Waals surface area contributed by atoms with Crippen molar-refractivity contribution in [2.45, 2.75) is 45.6 Å². The zero-order chi connectivity index (χ0) is 14.8. The van der Waals surface area contributed by atoms with Gasteiger partial charge in [-0.3, -0.25) is 0 Å². The summed E-state index contributed by atoms with van der Waals surface area (Å²) in [6, 6.07) is 9.05. The molecule has 0 fully saturated rings. The standard InChI is InChI=1S/C17H24N2S/c1-12-11-20-16(19-12)10-15(18-5)13-8-6-7-9-14(13)17(2,3)4/h6-9,11,15,18H,10H2,1-5H3. The molecule has 20 heavy (non-hydrogen) atoms. The van der Waals surface area contributed by atoms with E-state index in [2.05, 4.69) is 67.6 Å². The van der Waals surface area contributed by atoms with Crippen molar-refractivity contribution >= 4 is 11.3 Å². The van der Waals surface area contributed by atoms with Gasteiger partial charge in [-0.15, -0.1) is 11.3 Å². The average Bonchev–Trinajstić information content (AvgIpc) is 2.80. The summed E-state index contributed by atoms with van der Waals surface area (Å²) in [5.41, 5.74) is 4.07. The Morgan fingerprint density at radius 3 is 2.50 bits per heavy atom. The molecule has 0 amide bonds.